The van der Waals surface area contributed by atoms with Gasteiger partial charge >= 0.3 is 17.8 Å². The van der Waals surface area contributed by atoms with E-state index in [9.17, 15) is 33.2 Å². The second-order valence-corrected chi connectivity index (χ2v) is 4.80. The highest BCUT2D eigenvalue weighted by Gasteiger charge is 2.37. The van der Waals surface area contributed by atoms with E-state index >= 15 is 0 Å². The minimum Gasteiger partial charge on any atom is -0.505 e. The molecule has 1 aromatic rings. The number of allylic oxidation sites excluding steroid dienone is 1. The number of alkyl halides is 3. The van der Waals surface area contributed by atoms with Gasteiger partial charge in [-0.3, -0.25) is 14.9 Å². The minimum atomic E-state index is -4.60. The zero-order valence-electron chi connectivity index (χ0n) is 11.1. The Morgan fingerprint density at radius 3 is 2.50 bits per heavy atom. The van der Waals surface area contributed by atoms with Gasteiger partial charge in [0, 0.05) is 11.6 Å². The molecule has 0 spiro atoms. The number of aliphatic hydroxyl groups is 1. The molecule has 1 saturated carbocycles. The van der Waals surface area contributed by atoms with Crippen LogP contribution in [0.3, 0.4) is 0 Å². The SMILES string of the molecule is O=C(Nc1cccc(C(F)(F)F)c1)/C(=C(\O)C1CC1)[N+](=O)[O-]. The maximum atomic E-state index is 12.6. The van der Waals surface area contributed by atoms with Gasteiger partial charge in [0.2, 0.25) is 0 Å². The second kappa shape index (κ2) is 5.66. The average Bonchev–Trinajstić information content (AvgIpc) is 3.21. The summed E-state index contributed by atoms with van der Waals surface area (Å²) >= 11 is 0. The first kappa shape index (κ1) is 15.8. The third-order valence-electron chi connectivity index (χ3n) is 3.05. The summed E-state index contributed by atoms with van der Waals surface area (Å²) in [6, 6.07) is 3.69. The number of benzene rings is 1. The number of nitrogens with one attached hydrogen (secondary N) is 1. The van der Waals surface area contributed by atoms with Gasteiger partial charge in [-0.05, 0) is 31.0 Å². The molecule has 0 aromatic heterocycles. The highest BCUT2D eigenvalue weighted by molar-refractivity contribution is 6.02. The first-order valence-corrected chi connectivity index (χ1v) is 6.26. The Morgan fingerprint density at radius 1 is 1.36 bits per heavy atom. The second-order valence-electron chi connectivity index (χ2n) is 4.80. The van der Waals surface area contributed by atoms with E-state index < -0.39 is 39.9 Å². The van der Waals surface area contributed by atoms with Gasteiger partial charge in [0.1, 0.15) is 0 Å². The van der Waals surface area contributed by atoms with Crippen LogP contribution in [0.15, 0.2) is 35.7 Å². The number of hydrogen-bond acceptors (Lipinski definition) is 4. The zero-order valence-corrected chi connectivity index (χ0v) is 11.1. The van der Waals surface area contributed by atoms with Crippen molar-refractivity contribution in [2.24, 2.45) is 5.92 Å². The summed E-state index contributed by atoms with van der Waals surface area (Å²) in [4.78, 5) is 21.7. The summed E-state index contributed by atoms with van der Waals surface area (Å²) in [6.45, 7) is 0. The fourth-order valence-electron chi connectivity index (χ4n) is 1.81. The van der Waals surface area contributed by atoms with E-state index in [1.807, 2.05) is 5.32 Å². The van der Waals surface area contributed by atoms with E-state index in [-0.39, 0.29) is 5.69 Å². The van der Waals surface area contributed by atoms with E-state index in [2.05, 4.69) is 0 Å². The largest absolute Gasteiger partial charge is 0.505 e. The maximum absolute atomic E-state index is 12.6. The van der Waals surface area contributed by atoms with Crippen molar-refractivity contribution in [1.82, 2.24) is 0 Å². The van der Waals surface area contributed by atoms with Crippen LogP contribution in [-0.4, -0.2) is 15.9 Å². The summed E-state index contributed by atoms with van der Waals surface area (Å²) < 4.78 is 37.7. The van der Waals surface area contributed by atoms with E-state index in [0.717, 1.165) is 12.1 Å². The van der Waals surface area contributed by atoms with Crippen LogP contribution in [0.1, 0.15) is 18.4 Å². The van der Waals surface area contributed by atoms with Gasteiger partial charge in [-0.25, -0.2) is 0 Å². The Labute approximate surface area is 122 Å². The number of carbonyl (C=O) groups excluding carboxylic acids is 1. The van der Waals surface area contributed by atoms with Crippen molar-refractivity contribution in [1.29, 1.82) is 0 Å². The summed E-state index contributed by atoms with van der Waals surface area (Å²) in [7, 11) is 0. The Balaban J connectivity index is 2.24. The standard InChI is InChI=1S/C13H11F3N2O4/c14-13(15,16)8-2-1-3-9(6-8)17-12(20)10(18(21)22)11(19)7-4-5-7/h1-3,6-7,19H,4-5H2,(H,17,20)/b11-10+. The van der Waals surface area contributed by atoms with Crippen LogP contribution in [0.2, 0.25) is 0 Å². The lowest BCUT2D eigenvalue weighted by Gasteiger charge is -2.09. The molecule has 0 saturated heterocycles. The van der Waals surface area contributed by atoms with Crippen molar-refractivity contribution in [3.05, 3.63) is 51.4 Å². The molecule has 1 aliphatic rings. The normalized spacial score (nSPS) is 16.0. The van der Waals surface area contributed by atoms with Crippen molar-refractivity contribution in [2.75, 3.05) is 5.32 Å². The molecule has 0 radical (unpaired) electrons. The molecule has 0 aliphatic heterocycles. The van der Waals surface area contributed by atoms with Gasteiger partial charge in [-0.1, -0.05) is 6.07 Å². The van der Waals surface area contributed by atoms with Crippen molar-refractivity contribution in [2.45, 2.75) is 19.0 Å². The van der Waals surface area contributed by atoms with Crippen LogP contribution in [0.5, 0.6) is 0 Å². The maximum Gasteiger partial charge on any atom is 0.416 e. The predicted octanol–water partition coefficient (Wildman–Crippen LogP) is 3.10. The Bertz CT molecular complexity index is 651. The summed E-state index contributed by atoms with van der Waals surface area (Å²) in [5.74, 6) is -2.34. The molecule has 9 heteroatoms. The average molecular weight is 316 g/mol. The highest BCUT2D eigenvalue weighted by Crippen LogP contribution is 2.37. The number of carbonyl (C=O) groups is 1. The highest BCUT2D eigenvalue weighted by atomic mass is 19.4. The van der Waals surface area contributed by atoms with Gasteiger partial charge in [0.15, 0.2) is 5.76 Å². The van der Waals surface area contributed by atoms with Gasteiger partial charge in [0.05, 0.1) is 10.5 Å². The molecule has 118 valence electrons. The van der Waals surface area contributed by atoms with E-state index in [0.29, 0.717) is 18.9 Å². The quantitative estimate of drug-likeness (QED) is 0.386. The smallest absolute Gasteiger partial charge is 0.416 e. The molecule has 0 atom stereocenters. The lowest BCUT2D eigenvalue weighted by molar-refractivity contribution is -0.421. The fraction of sp³-hybridized carbons (Fsp3) is 0.308. The van der Waals surface area contributed by atoms with Crippen LogP contribution in [-0.2, 0) is 11.0 Å². The number of amides is 1. The third-order valence-corrected chi connectivity index (χ3v) is 3.05. The molecule has 2 rings (SSSR count). The zero-order chi connectivity index (χ0) is 16.5. The number of halogens is 3. The Hall–Kier alpha value is -2.58. The lowest BCUT2D eigenvalue weighted by atomic mass is 10.2. The topological polar surface area (TPSA) is 92.5 Å². The number of nitrogens with zero attached hydrogens (tertiary/aromatic N) is 1. The van der Waals surface area contributed by atoms with Gasteiger partial charge < -0.3 is 10.4 Å². The molecular weight excluding hydrogens is 305 g/mol. The van der Waals surface area contributed by atoms with Crippen LogP contribution in [0, 0.1) is 16.0 Å². The van der Waals surface area contributed by atoms with Crippen LogP contribution in [0.25, 0.3) is 0 Å². The van der Waals surface area contributed by atoms with E-state index in [1.165, 1.54) is 6.07 Å². The Kier molecular flexibility index (Phi) is 4.07. The lowest BCUT2D eigenvalue weighted by Crippen LogP contribution is -2.22. The van der Waals surface area contributed by atoms with E-state index in [4.69, 9.17) is 0 Å². The Morgan fingerprint density at radius 2 is 2.00 bits per heavy atom. The first-order chi connectivity index (χ1) is 10.2. The fourth-order valence-corrected chi connectivity index (χ4v) is 1.81. The molecular formula is C13H11F3N2O4. The molecule has 1 aliphatic carbocycles. The van der Waals surface area contributed by atoms with Crippen LogP contribution in [0.4, 0.5) is 18.9 Å². The summed E-state index contributed by atoms with van der Waals surface area (Å²) in [5, 5.41) is 22.5. The van der Waals surface area contributed by atoms with Crippen molar-refractivity contribution in [3.63, 3.8) is 0 Å². The van der Waals surface area contributed by atoms with Crippen molar-refractivity contribution >= 4 is 11.6 Å². The number of rotatable bonds is 4. The number of hydrogen-bond donors (Lipinski definition) is 2. The summed E-state index contributed by atoms with van der Waals surface area (Å²) in [6.07, 6.45) is -3.54. The predicted molar refractivity (Wildman–Crippen MR) is 69.4 cm³/mol. The number of anilines is 1. The molecule has 0 heterocycles. The van der Waals surface area contributed by atoms with Crippen molar-refractivity contribution < 1.29 is 28.0 Å². The molecule has 6 nitrogen and oxygen atoms in total. The van der Waals surface area contributed by atoms with E-state index in [1.54, 1.807) is 0 Å². The molecule has 1 amide bonds. The van der Waals surface area contributed by atoms with Gasteiger partial charge in [-0.2, -0.15) is 13.2 Å². The molecule has 22 heavy (non-hydrogen) atoms. The molecule has 2 N–H and O–H groups in total. The first-order valence-electron chi connectivity index (χ1n) is 6.26. The van der Waals surface area contributed by atoms with Crippen molar-refractivity contribution in [3.8, 4) is 0 Å². The molecule has 1 fully saturated rings. The number of aliphatic hydroxyl groups excluding tert-OH is 1. The number of nitro groups is 1. The monoisotopic (exact) mass is 316 g/mol. The third kappa shape index (κ3) is 3.54. The van der Waals surface area contributed by atoms with Gasteiger partial charge in [-0.15, -0.1) is 0 Å². The minimum absolute atomic E-state index is 0.247. The van der Waals surface area contributed by atoms with Gasteiger partial charge in [0.25, 0.3) is 0 Å². The van der Waals surface area contributed by atoms with Crippen LogP contribution >= 0.6 is 0 Å². The summed E-state index contributed by atoms with van der Waals surface area (Å²) in [5.41, 5.74) is -2.29. The molecule has 1 aromatic carbocycles. The van der Waals surface area contributed by atoms with Crippen LogP contribution < -0.4 is 5.32 Å². The molecule has 0 unspecified atom stereocenters. The molecule has 0 bridgehead atoms.